The Morgan fingerprint density at radius 3 is 2.63 bits per heavy atom. The van der Waals surface area contributed by atoms with Crippen molar-refractivity contribution in [3.63, 3.8) is 0 Å². The van der Waals surface area contributed by atoms with Crippen LogP contribution in [0, 0.1) is 10.1 Å². The monoisotopic (exact) mass is 407 g/mol. The standard InChI is InChI=1S/C21H17N3O6/c1-30-16-10-6-9-15(13-16)23-20(26)17(19(25)22-21(23)27)11-4-2-7-14-8-3-5-12-18(14)24(28)29/h2-3,5-13H,4H2,1H3,(H,22,25,27)/b7-2+,17-11-. The molecular formula is C21H17N3O6. The van der Waals surface area contributed by atoms with E-state index in [-0.39, 0.29) is 23.4 Å². The average Bonchev–Trinajstić information content (AvgIpc) is 2.73. The summed E-state index contributed by atoms with van der Waals surface area (Å²) >= 11 is 0. The summed E-state index contributed by atoms with van der Waals surface area (Å²) in [6.45, 7) is 0. The zero-order valence-electron chi connectivity index (χ0n) is 15.9. The molecule has 1 aliphatic heterocycles. The fraction of sp³-hybridized carbons (Fsp3) is 0.0952. The summed E-state index contributed by atoms with van der Waals surface area (Å²) in [4.78, 5) is 48.5. The highest BCUT2D eigenvalue weighted by atomic mass is 16.6. The van der Waals surface area contributed by atoms with Gasteiger partial charge in [0.1, 0.15) is 11.3 Å². The molecule has 0 unspecified atom stereocenters. The highest BCUT2D eigenvalue weighted by Crippen LogP contribution is 2.25. The summed E-state index contributed by atoms with van der Waals surface area (Å²) < 4.78 is 5.10. The summed E-state index contributed by atoms with van der Waals surface area (Å²) in [5.41, 5.74) is 0.395. The van der Waals surface area contributed by atoms with Crippen molar-refractivity contribution in [1.82, 2.24) is 5.32 Å². The van der Waals surface area contributed by atoms with Gasteiger partial charge in [-0.2, -0.15) is 0 Å². The number of carbonyl (C=O) groups is 3. The van der Waals surface area contributed by atoms with Crippen molar-refractivity contribution < 1.29 is 24.0 Å². The number of nitrogens with zero attached hydrogens (tertiary/aromatic N) is 2. The van der Waals surface area contributed by atoms with Gasteiger partial charge in [-0.05, 0) is 24.6 Å². The summed E-state index contributed by atoms with van der Waals surface area (Å²) in [6.07, 6.45) is 4.64. The first kappa shape index (κ1) is 20.5. The van der Waals surface area contributed by atoms with Crippen molar-refractivity contribution in [1.29, 1.82) is 0 Å². The summed E-state index contributed by atoms with van der Waals surface area (Å²) in [5.74, 6) is -1.12. The number of benzene rings is 2. The number of hydrogen-bond donors (Lipinski definition) is 1. The number of rotatable bonds is 6. The molecule has 1 N–H and O–H groups in total. The first-order valence-corrected chi connectivity index (χ1v) is 8.86. The number of urea groups is 1. The minimum absolute atomic E-state index is 0.0531. The number of amides is 4. The number of nitro groups is 1. The molecule has 0 saturated carbocycles. The number of allylic oxidation sites excluding steroid dienone is 2. The second-order valence-electron chi connectivity index (χ2n) is 6.17. The van der Waals surface area contributed by atoms with Crippen molar-refractivity contribution in [2.24, 2.45) is 0 Å². The molecule has 0 bridgehead atoms. The molecule has 4 amide bonds. The van der Waals surface area contributed by atoms with E-state index in [1.54, 1.807) is 42.5 Å². The van der Waals surface area contributed by atoms with E-state index in [2.05, 4.69) is 5.32 Å². The predicted octanol–water partition coefficient (Wildman–Crippen LogP) is 3.22. The lowest BCUT2D eigenvalue weighted by Crippen LogP contribution is -2.54. The lowest BCUT2D eigenvalue weighted by molar-refractivity contribution is -0.385. The lowest BCUT2D eigenvalue weighted by Gasteiger charge is -2.26. The molecule has 9 nitrogen and oxygen atoms in total. The Bertz CT molecular complexity index is 1090. The number of imide groups is 2. The van der Waals surface area contributed by atoms with Crippen LogP contribution >= 0.6 is 0 Å². The van der Waals surface area contributed by atoms with Crippen LogP contribution in [0.3, 0.4) is 0 Å². The fourth-order valence-corrected chi connectivity index (χ4v) is 2.87. The second kappa shape index (κ2) is 8.82. The SMILES string of the molecule is COc1cccc(N2C(=O)NC(=O)/C(=C/C/C=C/c3ccccc3[N+](=O)[O-])C2=O)c1. The Labute approximate surface area is 171 Å². The van der Waals surface area contributed by atoms with Gasteiger partial charge in [0.2, 0.25) is 0 Å². The number of ether oxygens (including phenoxy) is 1. The Morgan fingerprint density at radius 2 is 1.90 bits per heavy atom. The van der Waals surface area contributed by atoms with Crippen LogP contribution in [0.4, 0.5) is 16.2 Å². The van der Waals surface area contributed by atoms with E-state index in [1.807, 2.05) is 0 Å². The fourth-order valence-electron chi connectivity index (χ4n) is 2.87. The Kier molecular flexibility index (Phi) is 6.02. The molecule has 3 rings (SSSR count). The zero-order chi connectivity index (χ0) is 21.7. The van der Waals surface area contributed by atoms with Gasteiger partial charge in [0.15, 0.2) is 0 Å². The van der Waals surface area contributed by atoms with Crippen molar-refractivity contribution in [3.8, 4) is 5.75 Å². The molecule has 30 heavy (non-hydrogen) atoms. The van der Waals surface area contributed by atoms with Gasteiger partial charge in [0.25, 0.3) is 17.5 Å². The molecule has 0 radical (unpaired) electrons. The Hall–Kier alpha value is -4.27. The van der Waals surface area contributed by atoms with Gasteiger partial charge in [0.05, 0.1) is 23.3 Å². The maximum atomic E-state index is 12.8. The normalized spacial score (nSPS) is 15.6. The van der Waals surface area contributed by atoms with Gasteiger partial charge in [-0.3, -0.25) is 25.0 Å². The zero-order valence-corrected chi connectivity index (χ0v) is 15.9. The molecule has 0 aromatic heterocycles. The lowest BCUT2D eigenvalue weighted by atomic mass is 10.1. The summed E-state index contributed by atoms with van der Waals surface area (Å²) in [5, 5.41) is 13.2. The average molecular weight is 407 g/mol. The van der Waals surface area contributed by atoms with E-state index in [0.29, 0.717) is 11.3 Å². The molecule has 152 valence electrons. The van der Waals surface area contributed by atoms with Crippen LogP contribution in [0.15, 0.2) is 66.3 Å². The molecule has 0 atom stereocenters. The van der Waals surface area contributed by atoms with Gasteiger partial charge < -0.3 is 4.74 Å². The summed E-state index contributed by atoms with van der Waals surface area (Å²) in [7, 11) is 1.45. The van der Waals surface area contributed by atoms with E-state index >= 15 is 0 Å². The quantitative estimate of drug-likeness (QED) is 0.340. The molecule has 0 spiro atoms. The van der Waals surface area contributed by atoms with E-state index in [4.69, 9.17) is 4.74 Å². The van der Waals surface area contributed by atoms with Crippen molar-refractivity contribution in [2.45, 2.75) is 6.42 Å². The van der Waals surface area contributed by atoms with Gasteiger partial charge in [-0.1, -0.05) is 36.4 Å². The molecule has 1 fully saturated rings. The van der Waals surface area contributed by atoms with Crippen molar-refractivity contribution in [3.05, 3.63) is 81.9 Å². The van der Waals surface area contributed by atoms with Crippen LogP contribution in [-0.2, 0) is 9.59 Å². The third kappa shape index (κ3) is 4.25. The van der Waals surface area contributed by atoms with Crippen molar-refractivity contribution in [2.75, 3.05) is 12.0 Å². The van der Waals surface area contributed by atoms with Crippen LogP contribution in [-0.4, -0.2) is 29.9 Å². The highest BCUT2D eigenvalue weighted by molar-refractivity contribution is 6.37. The number of carbonyl (C=O) groups excluding carboxylic acids is 3. The number of barbiturate groups is 1. The molecule has 1 saturated heterocycles. The molecule has 2 aromatic rings. The number of para-hydroxylation sites is 1. The maximum Gasteiger partial charge on any atom is 0.335 e. The van der Waals surface area contributed by atoms with Gasteiger partial charge >= 0.3 is 6.03 Å². The molecular weight excluding hydrogens is 390 g/mol. The third-order valence-electron chi connectivity index (χ3n) is 4.30. The van der Waals surface area contributed by atoms with Crippen LogP contribution in [0.25, 0.3) is 6.08 Å². The van der Waals surface area contributed by atoms with Crippen LogP contribution in [0.2, 0.25) is 0 Å². The molecule has 1 aliphatic rings. The van der Waals surface area contributed by atoms with Crippen LogP contribution < -0.4 is 15.0 Å². The minimum Gasteiger partial charge on any atom is -0.497 e. The first-order chi connectivity index (χ1) is 14.4. The maximum absolute atomic E-state index is 12.8. The van der Waals surface area contributed by atoms with E-state index < -0.39 is 22.8 Å². The van der Waals surface area contributed by atoms with E-state index in [1.165, 1.54) is 31.4 Å². The largest absolute Gasteiger partial charge is 0.497 e. The van der Waals surface area contributed by atoms with Crippen LogP contribution in [0.1, 0.15) is 12.0 Å². The highest BCUT2D eigenvalue weighted by Gasteiger charge is 2.36. The molecule has 1 heterocycles. The Morgan fingerprint density at radius 1 is 1.13 bits per heavy atom. The third-order valence-corrected chi connectivity index (χ3v) is 4.30. The predicted molar refractivity (Wildman–Crippen MR) is 109 cm³/mol. The van der Waals surface area contributed by atoms with E-state index in [9.17, 15) is 24.5 Å². The first-order valence-electron chi connectivity index (χ1n) is 8.86. The summed E-state index contributed by atoms with van der Waals surface area (Å²) in [6, 6.07) is 11.7. The molecule has 9 heteroatoms. The topological polar surface area (TPSA) is 119 Å². The Balaban J connectivity index is 1.82. The second-order valence-corrected chi connectivity index (χ2v) is 6.17. The smallest absolute Gasteiger partial charge is 0.335 e. The number of hydrogen-bond acceptors (Lipinski definition) is 6. The van der Waals surface area contributed by atoms with Gasteiger partial charge in [0, 0.05) is 12.1 Å². The number of nitro benzene ring substituents is 1. The van der Waals surface area contributed by atoms with Gasteiger partial charge in [-0.25, -0.2) is 9.69 Å². The number of nitrogens with one attached hydrogen (secondary N) is 1. The molecule has 2 aromatic carbocycles. The van der Waals surface area contributed by atoms with E-state index in [0.717, 1.165) is 4.90 Å². The van der Waals surface area contributed by atoms with Crippen molar-refractivity contribution >= 4 is 35.3 Å². The number of methoxy groups -OCH3 is 1. The number of anilines is 1. The minimum atomic E-state index is -0.856. The van der Waals surface area contributed by atoms with Crippen LogP contribution in [0.5, 0.6) is 5.75 Å². The van der Waals surface area contributed by atoms with Gasteiger partial charge in [-0.15, -0.1) is 0 Å². The molecule has 0 aliphatic carbocycles.